The normalized spacial score (nSPS) is 10.9. The maximum Gasteiger partial charge on any atom is 0.137 e. The molecule has 2 nitrogen and oxygen atoms in total. The molecule has 3 heteroatoms. The van der Waals surface area contributed by atoms with Crippen LogP contribution in [-0.2, 0) is 0 Å². The summed E-state index contributed by atoms with van der Waals surface area (Å²) in [4.78, 5) is 4.42. The van der Waals surface area contributed by atoms with Crippen LogP contribution in [0.2, 0.25) is 6.55 Å². The maximum atomic E-state index is 4.21. The van der Waals surface area contributed by atoms with Gasteiger partial charge in [-0.05, 0) is 34.6 Å². The van der Waals surface area contributed by atoms with Crippen LogP contribution >= 0.6 is 0 Å². The Morgan fingerprint density at radius 1 is 0.808 bits per heavy atom. The van der Waals surface area contributed by atoms with Gasteiger partial charge in [0.25, 0.3) is 0 Å². The van der Waals surface area contributed by atoms with Gasteiger partial charge in [-0.3, -0.25) is 0 Å². The van der Waals surface area contributed by atoms with Crippen molar-refractivity contribution in [2.75, 3.05) is 37.0 Å². The standard InChI is InChI=1S/C23H30N2Si/c1-7-16-24(4)20-12-10-14-22(18-20)26(6,9-3)23-15-11-13-21(19-23)25(5)17-8-2/h7-15,18-19H,1-3,16-17H2,4-6H3. The highest BCUT2D eigenvalue weighted by Gasteiger charge is 2.29. The SMILES string of the molecule is C=CCN(C)c1cccc([Si](C)(C=C)c2cccc(N(C)CC=C)c2)c1. The van der Waals surface area contributed by atoms with Crippen molar-refractivity contribution in [3.8, 4) is 0 Å². The van der Waals surface area contributed by atoms with Crippen LogP contribution in [0.5, 0.6) is 0 Å². The molecule has 0 aliphatic rings. The van der Waals surface area contributed by atoms with Crippen molar-refractivity contribution in [3.63, 3.8) is 0 Å². The molecule has 0 radical (unpaired) electrons. The lowest BCUT2D eigenvalue weighted by Crippen LogP contribution is -2.54. The van der Waals surface area contributed by atoms with Crippen LogP contribution in [-0.4, -0.2) is 35.3 Å². The van der Waals surface area contributed by atoms with E-state index in [-0.39, 0.29) is 0 Å². The lowest BCUT2D eigenvalue weighted by molar-refractivity contribution is 1.03. The molecule has 0 N–H and O–H groups in total. The number of rotatable bonds is 9. The lowest BCUT2D eigenvalue weighted by Gasteiger charge is -2.28. The number of hydrogen-bond acceptors (Lipinski definition) is 2. The fourth-order valence-electron chi connectivity index (χ4n) is 3.13. The van der Waals surface area contributed by atoms with E-state index in [4.69, 9.17) is 0 Å². The van der Waals surface area contributed by atoms with E-state index in [9.17, 15) is 0 Å². The van der Waals surface area contributed by atoms with E-state index < -0.39 is 8.07 Å². The van der Waals surface area contributed by atoms with Crippen LogP contribution in [0.3, 0.4) is 0 Å². The summed E-state index contributed by atoms with van der Waals surface area (Å²) in [6.07, 6.45) is 3.85. The third kappa shape index (κ3) is 4.17. The molecule has 0 bridgehead atoms. The number of likely N-dealkylation sites (N-methyl/N-ethyl adjacent to an activating group) is 2. The van der Waals surface area contributed by atoms with Crippen molar-refractivity contribution in [2.24, 2.45) is 0 Å². The summed E-state index contributed by atoms with van der Waals surface area (Å²) < 4.78 is 0. The van der Waals surface area contributed by atoms with Crippen molar-refractivity contribution in [1.29, 1.82) is 0 Å². The van der Waals surface area contributed by atoms with Crippen LogP contribution in [0.1, 0.15) is 0 Å². The minimum Gasteiger partial charge on any atom is -0.371 e. The monoisotopic (exact) mass is 362 g/mol. The molecule has 0 aliphatic heterocycles. The van der Waals surface area contributed by atoms with Crippen molar-refractivity contribution in [3.05, 3.63) is 86.1 Å². The molecular formula is C23H30N2Si. The van der Waals surface area contributed by atoms with Gasteiger partial charge in [0.2, 0.25) is 0 Å². The highest BCUT2D eigenvalue weighted by molar-refractivity contribution is 7.05. The highest BCUT2D eigenvalue weighted by Crippen LogP contribution is 2.17. The largest absolute Gasteiger partial charge is 0.371 e. The topological polar surface area (TPSA) is 6.48 Å². The summed E-state index contributed by atoms with van der Waals surface area (Å²) in [5, 5.41) is 2.73. The fourth-order valence-corrected chi connectivity index (χ4v) is 5.72. The molecule has 0 heterocycles. The van der Waals surface area contributed by atoms with Gasteiger partial charge in [-0.25, -0.2) is 0 Å². The first-order valence-corrected chi connectivity index (χ1v) is 11.5. The molecule has 2 rings (SSSR count). The van der Waals surface area contributed by atoms with E-state index in [0.717, 1.165) is 13.1 Å². The minimum absolute atomic E-state index is 0.831. The Bertz CT molecular complexity index is 722. The van der Waals surface area contributed by atoms with Gasteiger partial charge in [0, 0.05) is 38.6 Å². The first-order chi connectivity index (χ1) is 12.5. The number of anilines is 2. The molecule has 0 saturated carbocycles. The molecule has 26 heavy (non-hydrogen) atoms. The van der Waals surface area contributed by atoms with Gasteiger partial charge in [0.05, 0.1) is 0 Å². The van der Waals surface area contributed by atoms with Gasteiger partial charge in [0.1, 0.15) is 8.07 Å². The van der Waals surface area contributed by atoms with Gasteiger partial charge in [-0.2, -0.15) is 0 Å². The average Bonchev–Trinajstić information content (AvgIpc) is 2.68. The molecule has 0 aromatic heterocycles. The Morgan fingerprint density at radius 3 is 1.58 bits per heavy atom. The third-order valence-electron chi connectivity index (χ3n) is 4.99. The van der Waals surface area contributed by atoms with Crippen LogP contribution < -0.4 is 20.2 Å². The predicted molar refractivity (Wildman–Crippen MR) is 121 cm³/mol. The van der Waals surface area contributed by atoms with Crippen LogP contribution in [0, 0.1) is 0 Å². The van der Waals surface area contributed by atoms with Crippen LogP contribution in [0.4, 0.5) is 11.4 Å². The molecule has 0 atom stereocenters. The van der Waals surface area contributed by atoms with E-state index in [1.807, 2.05) is 12.2 Å². The molecule has 0 aliphatic carbocycles. The molecule has 2 aromatic rings. The Balaban J connectivity index is 2.47. The lowest BCUT2D eigenvalue weighted by atomic mass is 10.3. The average molecular weight is 363 g/mol. The molecule has 0 spiro atoms. The Morgan fingerprint density at radius 2 is 1.23 bits per heavy atom. The Hall–Kier alpha value is -2.52. The summed E-state index contributed by atoms with van der Waals surface area (Å²) >= 11 is 0. The third-order valence-corrected chi connectivity index (χ3v) is 8.82. The highest BCUT2D eigenvalue weighted by atomic mass is 28.3. The fraction of sp³-hybridized carbons (Fsp3) is 0.217. The number of hydrogen-bond donors (Lipinski definition) is 0. The van der Waals surface area contributed by atoms with Gasteiger partial charge in [-0.15, -0.1) is 19.7 Å². The zero-order valence-electron chi connectivity index (χ0n) is 16.3. The maximum absolute atomic E-state index is 4.21. The zero-order valence-corrected chi connectivity index (χ0v) is 17.3. The molecular weight excluding hydrogens is 332 g/mol. The van der Waals surface area contributed by atoms with Crippen molar-refractivity contribution >= 4 is 29.8 Å². The zero-order chi connectivity index (χ0) is 19.2. The van der Waals surface area contributed by atoms with E-state index in [1.54, 1.807) is 0 Å². The second-order valence-corrected chi connectivity index (χ2v) is 10.8. The van der Waals surface area contributed by atoms with Crippen LogP contribution in [0.25, 0.3) is 0 Å². The van der Waals surface area contributed by atoms with E-state index in [0.29, 0.717) is 0 Å². The summed E-state index contributed by atoms with van der Waals surface area (Å²) in [6.45, 7) is 15.9. The van der Waals surface area contributed by atoms with Crippen LogP contribution in [0.15, 0.2) is 86.1 Å². The first-order valence-electron chi connectivity index (χ1n) is 8.95. The smallest absolute Gasteiger partial charge is 0.137 e. The number of nitrogens with zero attached hydrogens (tertiary/aromatic N) is 2. The van der Waals surface area contributed by atoms with E-state index in [1.165, 1.54) is 21.7 Å². The van der Waals surface area contributed by atoms with Gasteiger partial charge in [0.15, 0.2) is 0 Å². The quantitative estimate of drug-likeness (QED) is 0.494. The van der Waals surface area contributed by atoms with Crippen molar-refractivity contribution in [1.82, 2.24) is 0 Å². The Kier molecular flexibility index (Phi) is 6.64. The first kappa shape index (κ1) is 19.8. The molecule has 136 valence electrons. The molecule has 0 unspecified atom stereocenters. The van der Waals surface area contributed by atoms with Gasteiger partial charge >= 0.3 is 0 Å². The van der Waals surface area contributed by atoms with E-state index >= 15 is 0 Å². The second kappa shape index (κ2) is 8.72. The molecule has 0 fully saturated rings. The van der Waals surface area contributed by atoms with Gasteiger partial charge in [-0.1, -0.05) is 48.7 Å². The predicted octanol–water partition coefficient (Wildman–Crippen LogP) is 3.85. The minimum atomic E-state index is -2.02. The Labute approximate surface area is 159 Å². The summed E-state index contributed by atoms with van der Waals surface area (Å²) in [6, 6.07) is 17.7. The van der Waals surface area contributed by atoms with Crippen molar-refractivity contribution in [2.45, 2.75) is 6.55 Å². The van der Waals surface area contributed by atoms with Gasteiger partial charge < -0.3 is 9.80 Å². The summed E-state index contributed by atoms with van der Waals surface area (Å²) in [5.41, 5.74) is 4.59. The summed E-state index contributed by atoms with van der Waals surface area (Å²) in [7, 11) is 2.17. The molecule has 0 saturated heterocycles. The summed E-state index contributed by atoms with van der Waals surface area (Å²) in [5.74, 6) is 0. The second-order valence-electron chi connectivity index (χ2n) is 6.85. The van der Waals surface area contributed by atoms with Crippen molar-refractivity contribution < 1.29 is 0 Å². The molecule has 2 aromatic carbocycles. The molecule has 0 amide bonds. The van der Waals surface area contributed by atoms with E-state index in [2.05, 4.69) is 104 Å². The number of benzene rings is 2.